The highest BCUT2D eigenvalue weighted by Crippen LogP contribution is 2.23. The molecule has 0 fully saturated rings. The molecule has 1 heterocycles. The van der Waals surface area contributed by atoms with Crippen LogP contribution in [0.5, 0.6) is 0 Å². The number of imidazole rings is 1. The lowest BCUT2D eigenvalue weighted by Crippen LogP contribution is -2.11. The van der Waals surface area contributed by atoms with Gasteiger partial charge in [0.2, 0.25) is 0 Å². The molecule has 1 aromatic heterocycles. The van der Waals surface area contributed by atoms with Gasteiger partial charge in [0.25, 0.3) is 0 Å². The summed E-state index contributed by atoms with van der Waals surface area (Å²) in [5, 5.41) is 3.46. The van der Waals surface area contributed by atoms with E-state index in [0.29, 0.717) is 0 Å². The quantitative estimate of drug-likeness (QED) is 0.883. The van der Waals surface area contributed by atoms with Gasteiger partial charge >= 0.3 is 0 Å². The highest BCUT2D eigenvalue weighted by Gasteiger charge is 2.12. The molecule has 0 aliphatic rings. The van der Waals surface area contributed by atoms with Crippen molar-refractivity contribution in [2.24, 2.45) is 0 Å². The summed E-state index contributed by atoms with van der Waals surface area (Å²) in [6.45, 7) is 10.7. The second-order valence-electron chi connectivity index (χ2n) is 6.26. The van der Waals surface area contributed by atoms with Crippen LogP contribution in [0, 0.1) is 0 Å². The third-order valence-corrected chi connectivity index (χ3v) is 3.49. The molecular formula is C17H25N3. The highest BCUT2D eigenvalue weighted by molar-refractivity contribution is 5.46. The van der Waals surface area contributed by atoms with Gasteiger partial charge in [0.15, 0.2) is 0 Å². The van der Waals surface area contributed by atoms with E-state index in [1.807, 2.05) is 12.5 Å². The zero-order valence-corrected chi connectivity index (χ0v) is 13.0. The van der Waals surface area contributed by atoms with E-state index in [0.717, 1.165) is 25.2 Å². The van der Waals surface area contributed by atoms with Gasteiger partial charge in [-0.2, -0.15) is 0 Å². The largest absolute Gasteiger partial charge is 0.379 e. The lowest BCUT2D eigenvalue weighted by molar-refractivity contribution is 0.590. The number of nitrogens with one attached hydrogen (secondary N) is 1. The zero-order chi connectivity index (χ0) is 14.6. The first-order valence-electron chi connectivity index (χ1n) is 7.34. The topological polar surface area (TPSA) is 29.9 Å². The van der Waals surface area contributed by atoms with E-state index in [9.17, 15) is 0 Å². The first kappa shape index (κ1) is 14.6. The molecule has 108 valence electrons. The first-order valence-corrected chi connectivity index (χ1v) is 7.34. The maximum absolute atomic E-state index is 4.22. The molecule has 0 amide bonds. The number of hydrogen-bond acceptors (Lipinski definition) is 2. The van der Waals surface area contributed by atoms with Gasteiger partial charge in [-0.15, -0.1) is 0 Å². The van der Waals surface area contributed by atoms with Crippen LogP contribution >= 0.6 is 0 Å². The number of benzene rings is 1. The van der Waals surface area contributed by atoms with Crippen molar-refractivity contribution in [2.75, 3.05) is 5.32 Å². The summed E-state index contributed by atoms with van der Waals surface area (Å²) in [6.07, 6.45) is 4.97. The van der Waals surface area contributed by atoms with Crippen molar-refractivity contribution >= 4 is 5.69 Å². The summed E-state index contributed by atoms with van der Waals surface area (Å²) >= 11 is 0. The van der Waals surface area contributed by atoms with E-state index in [4.69, 9.17) is 0 Å². The van der Waals surface area contributed by atoms with Crippen LogP contribution in [-0.4, -0.2) is 9.55 Å². The third-order valence-electron chi connectivity index (χ3n) is 3.49. The summed E-state index contributed by atoms with van der Waals surface area (Å²) in [6, 6.07) is 8.71. The SMILES string of the molecule is CCCn1cncc1CNc1ccc(C(C)(C)C)cc1. The number of aromatic nitrogens is 2. The van der Waals surface area contributed by atoms with E-state index in [1.165, 1.54) is 11.3 Å². The molecule has 2 aromatic rings. The summed E-state index contributed by atoms with van der Waals surface area (Å²) in [5.74, 6) is 0. The summed E-state index contributed by atoms with van der Waals surface area (Å²) in [5.41, 5.74) is 3.95. The average molecular weight is 271 g/mol. The first-order chi connectivity index (χ1) is 9.50. The fourth-order valence-electron chi connectivity index (χ4n) is 2.22. The van der Waals surface area contributed by atoms with Gasteiger partial charge in [-0.25, -0.2) is 4.98 Å². The molecule has 0 aliphatic heterocycles. The summed E-state index contributed by atoms with van der Waals surface area (Å²) < 4.78 is 2.20. The fourth-order valence-corrected chi connectivity index (χ4v) is 2.22. The molecule has 0 radical (unpaired) electrons. The van der Waals surface area contributed by atoms with Crippen LogP contribution in [0.2, 0.25) is 0 Å². The minimum atomic E-state index is 0.207. The molecule has 0 spiro atoms. The Morgan fingerprint density at radius 1 is 1.15 bits per heavy atom. The number of hydrogen-bond donors (Lipinski definition) is 1. The van der Waals surface area contributed by atoms with Crippen molar-refractivity contribution in [3.05, 3.63) is 48.0 Å². The molecule has 0 bridgehead atoms. The van der Waals surface area contributed by atoms with Crippen molar-refractivity contribution in [3.63, 3.8) is 0 Å². The minimum Gasteiger partial charge on any atom is -0.379 e. The van der Waals surface area contributed by atoms with Crippen molar-refractivity contribution < 1.29 is 0 Å². The van der Waals surface area contributed by atoms with Gasteiger partial charge in [-0.3, -0.25) is 0 Å². The van der Waals surface area contributed by atoms with Crippen LogP contribution in [0.1, 0.15) is 45.4 Å². The van der Waals surface area contributed by atoms with Gasteiger partial charge in [-0.1, -0.05) is 39.8 Å². The molecule has 1 N–H and O–H groups in total. The number of anilines is 1. The molecule has 2 rings (SSSR count). The predicted octanol–water partition coefficient (Wildman–Crippen LogP) is 4.20. The van der Waals surface area contributed by atoms with Crippen LogP contribution in [0.4, 0.5) is 5.69 Å². The van der Waals surface area contributed by atoms with E-state index in [-0.39, 0.29) is 5.41 Å². The Labute approximate surface area is 122 Å². The van der Waals surface area contributed by atoms with Crippen molar-refractivity contribution in [1.82, 2.24) is 9.55 Å². The standard InChI is InChI=1S/C17H25N3/c1-5-10-20-13-18-11-16(20)12-19-15-8-6-14(7-9-15)17(2,3)4/h6-9,11,13,19H,5,10,12H2,1-4H3. The van der Waals surface area contributed by atoms with Crippen molar-refractivity contribution in [1.29, 1.82) is 0 Å². The Bertz CT molecular complexity index is 532. The normalized spacial score (nSPS) is 11.6. The molecule has 0 unspecified atom stereocenters. The Balaban J connectivity index is 1.99. The van der Waals surface area contributed by atoms with Gasteiger partial charge in [-0.05, 0) is 29.5 Å². The number of aryl methyl sites for hydroxylation is 1. The Morgan fingerprint density at radius 2 is 1.85 bits per heavy atom. The zero-order valence-electron chi connectivity index (χ0n) is 13.0. The van der Waals surface area contributed by atoms with Gasteiger partial charge in [0.1, 0.15) is 0 Å². The molecule has 3 nitrogen and oxygen atoms in total. The highest BCUT2D eigenvalue weighted by atomic mass is 15.1. The third kappa shape index (κ3) is 3.62. The smallest absolute Gasteiger partial charge is 0.0948 e. The molecule has 1 aromatic carbocycles. The molecule has 0 atom stereocenters. The van der Waals surface area contributed by atoms with Crippen LogP contribution in [0.3, 0.4) is 0 Å². The lowest BCUT2D eigenvalue weighted by atomic mass is 9.87. The second kappa shape index (κ2) is 6.12. The molecule has 0 saturated heterocycles. The van der Waals surface area contributed by atoms with E-state index >= 15 is 0 Å². The Kier molecular flexibility index (Phi) is 4.48. The second-order valence-corrected chi connectivity index (χ2v) is 6.26. The van der Waals surface area contributed by atoms with Gasteiger partial charge in [0.05, 0.1) is 18.6 Å². The Morgan fingerprint density at radius 3 is 2.45 bits per heavy atom. The van der Waals surface area contributed by atoms with E-state index in [2.05, 4.69) is 66.8 Å². The molecular weight excluding hydrogens is 246 g/mol. The molecule has 20 heavy (non-hydrogen) atoms. The number of nitrogens with zero attached hydrogens (tertiary/aromatic N) is 2. The van der Waals surface area contributed by atoms with E-state index < -0.39 is 0 Å². The molecule has 0 aliphatic carbocycles. The number of rotatable bonds is 5. The van der Waals surface area contributed by atoms with Crippen LogP contribution < -0.4 is 5.32 Å². The van der Waals surface area contributed by atoms with Crippen molar-refractivity contribution in [2.45, 2.75) is 52.6 Å². The van der Waals surface area contributed by atoms with Crippen LogP contribution in [0.25, 0.3) is 0 Å². The summed E-state index contributed by atoms with van der Waals surface area (Å²) in [7, 11) is 0. The fraction of sp³-hybridized carbons (Fsp3) is 0.471. The van der Waals surface area contributed by atoms with Crippen molar-refractivity contribution in [3.8, 4) is 0 Å². The molecule has 0 saturated carbocycles. The summed E-state index contributed by atoms with van der Waals surface area (Å²) in [4.78, 5) is 4.22. The maximum atomic E-state index is 4.22. The minimum absolute atomic E-state index is 0.207. The van der Waals surface area contributed by atoms with Gasteiger partial charge in [0, 0.05) is 18.4 Å². The molecule has 3 heteroatoms. The lowest BCUT2D eigenvalue weighted by Gasteiger charge is -2.19. The Hall–Kier alpha value is -1.77. The van der Waals surface area contributed by atoms with Crippen LogP contribution in [-0.2, 0) is 18.5 Å². The van der Waals surface area contributed by atoms with E-state index in [1.54, 1.807) is 0 Å². The monoisotopic (exact) mass is 271 g/mol. The maximum Gasteiger partial charge on any atom is 0.0948 e. The average Bonchev–Trinajstić information content (AvgIpc) is 2.84. The van der Waals surface area contributed by atoms with Crippen LogP contribution in [0.15, 0.2) is 36.8 Å². The van der Waals surface area contributed by atoms with Gasteiger partial charge < -0.3 is 9.88 Å². The predicted molar refractivity (Wildman–Crippen MR) is 85.0 cm³/mol.